The summed E-state index contributed by atoms with van der Waals surface area (Å²) in [4.78, 5) is 17.1. The van der Waals surface area contributed by atoms with Crippen LogP contribution in [0, 0.1) is 11.8 Å². The van der Waals surface area contributed by atoms with Gasteiger partial charge in [-0.3, -0.25) is 14.4 Å². The van der Waals surface area contributed by atoms with Crippen LogP contribution < -0.4 is 5.32 Å². The monoisotopic (exact) mass is 348 g/mol. The zero-order chi connectivity index (χ0) is 17.6. The Hall–Kier alpha value is -1.47. The first-order chi connectivity index (χ1) is 12.1. The summed E-state index contributed by atoms with van der Waals surface area (Å²) >= 11 is 0. The fraction of sp³-hybridized carbons (Fsp3) is 0.833. The van der Waals surface area contributed by atoms with Crippen LogP contribution in [0.5, 0.6) is 0 Å². The molecule has 1 aromatic rings. The SMILES string of the molecule is CNCc1cn(CC2CCCN(C(=O)CN3CCC(C)CC3)C2)nn1. The largest absolute Gasteiger partial charge is 0.341 e. The Bertz CT molecular complexity index is 552. The van der Waals surface area contributed by atoms with E-state index in [0.717, 1.165) is 63.7 Å². The third-order valence-corrected chi connectivity index (χ3v) is 5.50. The van der Waals surface area contributed by atoms with E-state index in [1.54, 1.807) is 0 Å². The third-order valence-electron chi connectivity index (χ3n) is 5.50. The van der Waals surface area contributed by atoms with Gasteiger partial charge in [0.2, 0.25) is 5.91 Å². The summed E-state index contributed by atoms with van der Waals surface area (Å²) in [6, 6.07) is 0. The molecule has 1 atom stereocenters. The molecule has 7 heteroatoms. The zero-order valence-corrected chi connectivity index (χ0v) is 15.7. The molecule has 140 valence electrons. The van der Waals surface area contributed by atoms with Crippen LogP contribution in [0.25, 0.3) is 0 Å². The Morgan fingerprint density at radius 2 is 2.08 bits per heavy atom. The minimum Gasteiger partial charge on any atom is -0.341 e. The van der Waals surface area contributed by atoms with Gasteiger partial charge in [-0.05, 0) is 57.7 Å². The topological polar surface area (TPSA) is 66.3 Å². The number of piperidine rings is 2. The minimum atomic E-state index is 0.300. The second-order valence-corrected chi connectivity index (χ2v) is 7.77. The zero-order valence-electron chi connectivity index (χ0n) is 15.7. The maximum atomic E-state index is 12.7. The molecule has 1 aromatic heterocycles. The first-order valence-electron chi connectivity index (χ1n) is 9.67. The lowest BCUT2D eigenvalue weighted by Gasteiger charge is -2.35. The van der Waals surface area contributed by atoms with Crippen LogP contribution in [-0.2, 0) is 17.9 Å². The van der Waals surface area contributed by atoms with Gasteiger partial charge in [0.1, 0.15) is 0 Å². The van der Waals surface area contributed by atoms with Crippen LogP contribution in [0.15, 0.2) is 6.20 Å². The van der Waals surface area contributed by atoms with Gasteiger partial charge in [-0.25, -0.2) is 0 Å². The van der Waals surface area contributed by atoms with Crippen molar-refractivity contribution in [1.29, 1.82) is 0 Å². The molecule has 1 N–H and O–H groups in total. The van der Waals surface area contributed by atoms with E-state index in [4.69, 9.17) is 0 Å². The lowest BCUT2D eigenvalue weighted by Crippen LogP contribution is -2.47. The molecule has 3 heterocycles. The fourth-order valence-electron chi connectivity index (χ4n) is 3.91. The molecule has 0 bridgehead atoms. The Morgan fingerprint density at radius 3 is 2.84 bits per heavy atom. The van der Waals surface area contributed by atoms with Crippen LogP contribution in [0.2, 0.25) is 0 Å². The molecule has 0 aromatic carbocycles. The molecule has 2 aliphatic rings. The molecule has 7 nitrogen and oxygen atoms in total. The summed E-state index contributed by atoms with van der Waals surface area (Å²) in [5.41, 5.74) is 0.963. The van der Waals surface area contributed by atoms with Crippen molar-refractivity contribution in [2.75, 3.05) is 39.8 Å². The Balaban J connectivity index is 1.47. The van der Waals surface area contributed by atoms with E-state index in [1.165, 1.54) is 12.8 Å². The van der Waals surface area contributed by atoms with Crippen molar-refractivity contribution in [1.82, 2.24) is 30.1 Å². The Labute approximate surface area is 150 Å². The van der Waals surface area contributed by atoms with Crippen LogP contribution >= 0.6 is 0 Å². The average Bonchev–Trinajstić information content (AvgIpc) is 3.04. The van der Waals surface area contributed by atoms with Crippen molar-refractivity contribution in [2.45, 2.75) is 45.7 Å². The number of hydrogen-bond acceptors (Lipinski definition) is 5. The molecular weight excluding hydrogens is 316 g/mol. The van der Waals surface area contributed by atoms with Gasteiger partial charge in [0.15, 0.2) is 0 Å². The molecule has 0 radical (unpaired) electrons. The number of hydrogen-bond donors (Lipinski definition) is 1. The van der Waals surface area contributed by atoms with Crippen molar-refractivity contribution < 1.29 is 4.79 Å². The van der Waals surface area contributed by atoms with Crippen LogP contribution in [-0.4, -0.2) is 70.5 Å². The van der Waals surface area contributed by atoms with Crippen molar-refractivity contribution in [2.24, 2.45) is 11.8 Å². The van der Waals surface area contributed by atoms with Crippen LogP contribution in [0.4, 0.5) is 0 Å². The van der Waals surface area contributed by atoms with Gasteiger partial charge in [-0.2, -0.15) is 0 Å². The standard InChI is InChI=1S/C18H32N6O/c1-15-5-8-22(9-6-15)14-18(25)23-7-3-4-16(11-23)12-24-13-17(10-19-2)20-21-24/h13,15-16,19H,3-12,14H2,1-2H3. The Kier molecular flexibility index (Phi) is 6.42. The van der Waals surface area contributed by atoms with E-state index in [-0.39, 0.29) is 0 Å². The second kappa shape index (κ2) is 8.76. The molecule has 2 aliphatic heterocycles. The van der Waals surface area contributed by atoms with Gasteiger partial charge in [-0.1, -0.05) is 12.1 Å². The molecule has 1 unspecified atom stereocenters. The summed E-state index contributed by atoms with van der Waals surface area (Å²) in [6.45, 7) is 8.38. The van der Waals surface area contributed by atoms with E-state index in [9.17, 15) is 4.79 Å². The van der Waals surface area contributed by atoms with E-state index < -0.39 is 0 Å². The highest BCUT2D eigenvalue weighted by Gasteiger charge is 2.26. The molecule has 3 rings (SSSR count). The van der Waals surface area contributed by atoms with Gasteiger partial charge >= 0.3 is 0 Å². The maximum absolute atomic E-state index is 12.7. The molecule has 2 saturated heterocycles. The molecule has 25 heavy (non-hydrogen) atoms. The minimum absolute atomic E-state index is 0.300. The lowest BCUT2D eigenvalue weighted by molar-refractivity contribution is -0.134. The van der Waals surface area contributed by atoms with Crippen molar-refractivity contribution in [3.05, 3.63) is 11.9 Å². The van der Waals surface area contributed by atoms with Crippen molar-refractivity contribution >= 4 is 5.91 Å². The van der Waals surface area contributed by atoms with Crippen LogP contribution in [0.3, 0.4) is 0 Å². The predicted molar refractivity (Wildman–Crippen MR) is 96.9 cm³/mol. The molecule has 0 aliphatic carbocycles. The number of nitrogens with zero attached hydrogens (tertiary/aromatic N) is 5. The molecule has 2 fully saturated rings. The third kappa shape index (κ3) is 5.25. The van der Waals surface area contributed by atoms with E-state index in [2.05, 4.69) is 32.4 Å². The average molecular weight is 348 g/mol. The van der Waals surface area contributed by atoms with Gasteiger partial charge in [0, 0.05) is 32.4 Å². The number of nitrogens with one attached hydrogen (secondary N) is 1. The first kappa shape index (κ1) is 18.3. The smallest absolute Gasteiger partial charge is 0.236 e. The van der Waals surface area contributed by atoms with E-state index in [0.29, 0.717) is 18.4 Å². The highest BCUT2D eigenvalue weighted by atomic mass is 16.2. The van der Waals surface area contributed by atoms with Gasteiger partial charge in [0.25, 0.3) is 0 Å². The van der Waals surface area contributed by atoms with Gasteiger partial charge < -0.3 is 10.2 Å². The highest BCUT2D eigenvalue weighted by molar-refractivity contribution is 5.78. The lowest BCUT2D eigenvalue weighted by atomic mass is 9.97. The van der Waals surface area contributed by atoms with Crippen LogP contribution in [0.1, 0.15) is 38.3 Å². The van der Waals surface area contributed by atoms with E-state index >= 15 is 0 Å². The van der Waals surface area contributed by atoms with Gasteiger partial charge in [0.05, 0.1) is 12.2 Å². The summed E-state index contributed by atoms with van der Waals surface area (Å²) in [5.74, 6) is 1.58. The predicted octanol–water partition coefficient (Wildman–Crippen LogP) is 0.968. The first-order valence-corrected chi connectivity index (χ1v) is 9.67. The van der Waals surface area contributed by atoms with Crippen molar-refractivity contribution in [3.63, 3.8) is 0 Å². The number of likely N-dealkylation sites (tertiary alicyclic amines) is 2. The number of rotatable bonds is 6. The number of amides is 1. The highest BCUT2D eigenvalue weighted by Crippen LogP contribution is 2.20. The molecule has 1 amide bonds. The molecule has 0 saturated carbocycles. The number of carbonyl (C=O) groups is 1. The quantitative estimate of drug-likeness (QED) is 0.830. The van der Waals surface area contributed by atoms with E-state index in [1.807, 2.05) is 17.9 Å². The fourth-order valence-corrected chi connectivity index (χ4v) is 3.91. The maximum Gasteiger partial charge on any atom is 0.236 e. The number of carbonyl (C=O) groups excluding carboxylic acids is 1. The number of aromatic nitrogens is 3. The second-order valence-electron chi connectivity index (χ2n) is 7.77. The summed E-state index contributed by atoms with van der Waals surface area (Å²) in [7, 11) is 1.91. The summed E-state index contributed by atoms with van der Waals surface area (Å²) in [5, 5.41) is 11.5. The normalized spacial score (nSPS) is 23.1. The molecular formula is C18H32N6O. The summed E-state index contributed by atoms with van der Waals surface area (Å²) < 4.78 is 1.93. The Morgan fingerprint density at radius 1 is 1.28 bits per heavy atom. The molecule has 0 spiro atoms. The summed E-state index contributed by atoms with van der Waals surface area (Å²) in [6.07, 6.45) is 6.69. The van der Waals surface area contributed by atoms with Gasteiger partial charge in [-0.15, -0.1) is 5.10 Å². The van der Waals surface area contributed by atoms with Crippen molar-refractivity contribution in [3.8, 4) is 0 Å².